The van der Waals surface area contributed by atoms with Crippen LogP contribution in [0.15, 0.2) is 5.10 Å². The second kappa shape index (κ2) is 3.46. The smallest absolute Gasteiger partial charge is 0.0464 e. The minimum Gasteiger partial charge on any atom is -0.305 e. The summed E-state index contributed by atoms with van der Waals surface area (Å²) in [5.74, 6) is 0. The molecule has 72 valence electrons. The molecule has 0 unspecified atom stereocenters. The summed E-state index contributed by atoms with van der Waals surface area (Å²) >= 11 is 0. The van der Waals surface area contributed by atoms with E-state index in [1.807, 2.05) is 0 Å². The van der Waals surface area contributed by atoms with Crippen molar-refractivity contribution in [2.45, 2.75) is 54.0 Å². The van der Waals surface area contributed by atoms with Crippen LogP contribution in [-0.4, -0.2) is 11.3 Å². The van der Waals surface area contributed by atoms with E-state index in [0.29, 0.717) is 0 Å². The van der Waals surface area contributed by atoms with Crippen LogP contribution in [0.1, 0.15) is 48.5 Å². The molecule has 2 heteroatoms. The highest BCUT2D eigenvalue weighted by Crippen LogP contribution is 2.15. The first-order valence-electron chi connectivity index (χ1n) is 4.45. The maximum atomic E-state index is 4.33. The van der Waals surface area contributed by atoms with Crippen LogP contribution in [0.4, 0.5) is 0 Å². The van der Waals surface area contributed by atoms with Crippen LogP contribution in [-0.2, 0) is 0 Å². The molecule has 1 N–H and O–H groups in total. The van der Waals surface area contributed by atoms with Crippen molar-refractivity contribution >= 4 is 5.71 Å². The molecule has 0 saturated heterocycles. The molecule has 0 spiro atoms. The topological polar surface area (TPSA) is 24.4 Å². The maximum Gasteiger partial charge on any atom is 0.0464 e. The van der Waals surface area contributed by atoms with E-state index in [1.54, 1.807) is 0 Å². The second-order valence-electron chi connectivity index (χ2n) is 5.31. The summed E-state index contributed by atoms with van der Waals surface area (Å²) < 4.78 is 0. The van der Waals surface area contributed by atoms with E-state index in [0.717, 1.165) is 5.71 Å². The Morgan fingerprint density at radius 2 is 1.42 bits per heavy atom. The van der Waals surface area contributed by atoms with Crippen molar-refractivity contribution in [3.05, 3.63) is 0 Å². The van der Waals surface area contributed by atoms with E-state index in [9.17, 15) is 0 Å². The summed E-state index contributed by atoms with van der Waals surface area (Å²) in [7, 11) is 0. The van der Waals surface area contributed by atoms with Crippen LogP contribution in [0.25, 0.3) is 0 Å². The Labute approximate surface area is 76.4 Å². The van der Waals surface area contributed by atoms with Gasteiger partial charge in [0.2, 0.25) is 0 Å². The monoisotopic (exact) mass is 170 g/mol. The van der Waals surface area contributed by atoms with E-state index in [1.165, 1.54) is 0 Å². The molecule has 0 heterocycles. The number of hydrogen-bond donors (Lipinski definition) is 1. The fraction of sp³-hybridized carbons (Fsp3) is 0.900. The zero-order valence-corrected chi connectivity index (χ0v) is 9.45. The van der Waals surface area contributed by atoms with E-state index >= 15 is 0 Å². The molecule has 0 amide bonds. The number of hydrazone groups is 1. The first-order chi connectivity index (χ1) is 5.13. The molecule has 0 aromatic heterocycles. The first kappa shape index (κ1) is 11.5. The molecule has 0 aromatic rings. The van der Waals surface area contributed by atoms with Gasteiger partial charge in [-0.1, -0.05) is 20.8 Å². The normalized spacial score (nSPS) is 14.8. The number of nitrogens with zero attached hydrogens (tertiary/aromatic N) is 1. The third-order valence-electron chi connectivity index (χ3n) is 1.64. The zero-order chi connectivity index (χ0) is 9.99. The predicted molar refractivity (Wildman–Crippen MR) is 55.5 cm³/mol. The fourth-order valence-corrected chi connectivity index (χ4v) is 0.419. The standard InChI is InChI=1S/C10H22N2/c1-8(9(2,3)4)11-12-10(5,6)7/h12H,1-7H3/b11-8-. The highest BCUT2D eigenvalue weighted by atomic mass is 15.3. The molecule has 0 aliphatic rings. The summed E-state index contributed by atoms with van der Waals surface area (Å²) in [4.78, 5) is 0. The molecule has 0 atom stereocenters. The number of rotatable bonds is 1. The van der Waals surface area contributed by atoms with Crippen LogP contribution < -0.4 is 5.43 Å². The fourth-order valence-electron chi connectivity index (χ4n) is 0.419. The van der Waals surface area contributed by atoms with Gasteiger partial charge >= 0.3 is 0 Å². The van der Waals surface area contributed by atoms with Gasteiger partial charge in [0, 0.05) is 16.7 Å². The number of hydrogen-bond acceptors (Lipinski definition) is 2. The maximum absolute atomic E-state index is 4.33. The lowest BCUT2D eigenvalue weighted by molar-refractivity contribution is 0.434. The molecular formula is C10H22N2. The quantitative estimate of drug-likeness (QED) is 0.475. The second-order valence-corrected chi connectivity index (χ2v) is 5.31. The lowest BCUT2D eigenvalue weighted by Crippen LogP contribution is -2.33. The Hall–Kier alpha value is -0.530. The van der Waals surface area contributed by atoms with Gasteiger partial charge in [0.25, 0.3) is 0 Å². The Balaban J connectivity index is 4.21. The molecule has 0 aromatic carbocycles. The van der Waals surface area contributed by atoms with Gasteiger partial charge < -0.3 is 5.43 Å². The summed E-state index contributed by atoms with van der Waals surface area (Å²) in [6, 6.07) is 0. The first-order valence-corrected chi connectivity index (χ1v) is 4.45. The Bertz CT molecular complexity index is 167. The Kier molecular flexibility index (Phi) is 3.31. The van der Waals surface area contributed by atoms with Gasteiger partial charge in [-0.05, 0) is 27.7 Å². The molecule has 12 heavy (non-hydrogen) atoms. The molecule has 0 rings (SSSR count). The summed E-state index contributed by atoms with van der Waals surface area (Å²) in [6.45, 7) is 14.9. The zero-order valence-electron chi connectivity index (χ0n) is 9.45. The molecule has 0 radical (unpaired) electrons. The molecule has 0 aliphatic heterocycles. The lowest BCUT2D eigenvalue weighted by atomic mass is 9.91. The Morgan fingerprint density at radius 1 is 1.00 bits per heavy atom. The molecule has 0 saturated carbocycles. The lowest BCUT2D eigenvalue weighted by Gasteiger charge is -2.22. The van der Waals surface area contributed by atoms with Crippen LogP contribution >= 0.6 is 0 Å². The van der Waals surface area contributed by atoms with Crippen LogP contribution in [0.2, 0.25) is 0 Å². The highest BCUT2D eigenvalue weighted by Gasteiger charge is 2.15. The van der Waals surface area contributed by atoms with Gasteiger partial charge in [-0.3, -0.25) is 0 Å². The SMILES string of the molecule is C/C(=N/NC(C)(C)C)C(C)(C)C. The Morgan fingerprint density at radius 3 is 1.67 bits per heavy atom. The van der Waals surface area contributed by atoms with Gasteiger partial charge in [-0.25, -0.2) is 0 Å². The van der Waals surface area contributed by atoms with Crippen molar-refractivity contribution < 1.29 is 0 Å². The highest BCUT2D eigenvalue weighted by molar-refractivity contribution is 5.86. The molecule has 0 bridgehead atoms. The summed E-state index contributed by atoms with van der Waals surface area (Å²) in [6.07, 6.45) is 0. The van der Waals surface area contributed by atoms with Gasteiger partial charge in [-0.15, -0.1) is 0 Å². The third kappa shape index (κ3) is 5.16. The van der Waals surface area contributed by atoms with E-state index < -0.39 is 0 Å². The average Bonchev–Trinajstić information content (AvgIpc) is 1.78. The minimum atomic E-state index is 0.0620. The number of nitrogens with one attached hydrogen (secondary N) is 1. The average molecular weight is 170 g/mol. The van der Waals surface area contributed by atoms with E-state index in [4.69, 9.17) is 0 Å². The largest absolute Gasteiger partial charge is 0.305 e. The van der Waals surface area contributed by atoms with Gasteiger partial charge in [0.15, 0.2) is 0 Å². The van der Waals surface area contributed by atoms with Gasteiger partial charge in [0.05, 0.1) is 0 Å². The van der Waals surface area contributed by atoms with Crippen molar-refractivity contribution in [1.29, 1.82) is 0 Å². The van der Waals surface area contributed by atoms with Crippen molar-refractivity contribution in [2.24, 2.45) is 10.5 Å². The van der Waals surface area contributed by atoms with Crippen LogP contribution in [0.5, 0.6) is 0 Å². The molecular weight excluding hydrogens is 148 g/mol. The van der Waals surface area contributed by atoms with Crippen molar-refractivity contribution in [1.82, 2.24) is 5.43 Å². The molecule has 0 aliphatic carbocycles. The van der Waals surface area contributed by atoms with Crippen molar-refractivity contribution in [3.63, 3.8) is 0 Å². The third-order valence-corrected chi connectivity index (χ3v) is 1.64. The summed E-state index contributed by atoms with van der Waals surface area (Å²) in [5, 5.41) is 4.33. The van der Waals surface area contributed by atoms with E-state index in [-0.39, 0.29) is 11.0 Å². The predicted octanol–water partition coefficient (Wildman–Crippen LogP) is 2.80. The van der Waals surface area contributed by atoms with Crippen LogP contribution in [0, 0.1) is 5.41 Å². The van der Waals surface area contributed by atoms with E-state index in [2.05, 4.69) is 59.0 Å². The molecule has 2 nitrogen and oxygen atoms in total. The van der Waals surface area contributed by atoms with Crippen molar-refractivity contribution in [2.75, 3.05) is 0 Å². The summed E-state index contributed by atoms with van der Waals surface area (Å²) in [5.41, 5.74) is 4.48. The van der Waals surface area contributed by atoms with Crippen LogP contribution in [0.3, 0.4) is 0 Å². The van der Waals surface area contributed by atoms with Gasteiger partial charge in [-0.2, -0.15) is 5.10 Å². The molecule has 0 fully saturated rings. The van der Waals surface area contributed by atoms with Crippen molar-refractivity contribution in [3.8, 4) is 0 Å². The minimum absolute atomic E-state index is 0.0620. The van der Waals surface area contributed by atoms with Gasteiger partial charge in [0.1, 0.15) is 0 Å².